The maximum atomic E-state index is 14.4. The number of benzene rings is 2. The van der Waals surface area contributed by atoms with Gasteiger partial charge >= 0.3 is 5.97 Å². The van der Waals surface area contributed by atoms with Gasteiger partial charge in [0.05, 0.1) is 18.6 Å². The van der Waals surface area contributed by atoms with Crippen LogP contribution in [0.1, 0.15) is 52.0 Å². The van der Waals surface area contributed by atoms with Crippen molar-refractivity contribution in [1.29, 1.82) is 0 Å². The number of carbonyl (C=O) groups is 4. The van der Waals surface area contributed by atoms with Crippen LogP contribution in [-0.4, -0.2) is 79.4 Å². The number of amides is 3. The normalized spacial score (nSPS) is 27.1. The number of carbonyl (C=O) groups excluding carboxylic acids is 4. The Morgan fingerprint density at radius 3 is 2.50 bits per heavy atom. The third-order valence-corrected chi connectivity index (χ3v) is 8.67. The first-order chi connectivity index (χ1) is 18.5. The molecule has 4 aliphatic rings. The first kappa shape index (κ1) is 24.6. The molecule has 3 atom stereocenters. The third-order valence-electron chi connectivity index (χ3n) is 8.67. The van der Waals surface area contributed by atoms with Gasteiger partial charge in [0.2, 0.25) is 5.91 Å². The van der Waals surface area contributed by atoms with E-state index in [-0.39, 0.29) is 23.8 Å². The number of hydrogen-bond donors (Lipinski definition) is 1. The number of rotatable bonds is 2. The van der Waals surface area contributed by atoms with E-state index in [1.165, 1.54) is 7.11 Å². The molecule has 4 aliphatic heterocycles. The number of methoxy groups -OCH3 is 1. The van der Waals surface area contributed by atoms with Crippen molar-refractivity contribution in [2.75, 3.05) is 44.7 Å². The predicted molar refractivity (Wildman–Crippen MR) is 140 cm³/mol. The fourth-order valence-corrected chi connectivity index (χ4v) is 6.97. The summed E-state index contributed by atoms with van der Waals surface area (Å²) in [5.74, 6) is -1.22. The van der Waals surface area contributed by atoms with E-state index >= 15 is 0 Å². The van der Waals surface area contributed by atoms with Crippen LogP contribution in [0, 0.1) is 5.92 Å². The lowest BCUT2D eigenvalue weighted by Gasteiger charge is -2.38. The molecule has 3 saturated heterocycles. The van der Waals surface area contributed by atoms with Gasteiger partial charge in [0, 0.05) is 49.0 Å². The van der Waals surface area contributed by atoms with Crippen LogP contribution in [0.3, 0.4) is 0 Å². The number of para-hydroxylation sites is 1. The summed E-state index contributed by atoms with van der Waals surface area (Å²) < 4.78 is 4.75. The monoisotopic (exact) mass is 516 g/mol. The van der Waals surface area contributed by atoms with Gasteiger partial charge in [-0.05, 0) is 62.6 Å². The summed E-state index contributed by atoms with van der Waals surface area (Å²) >= 11 is 0. The first-order valence-electron chi connectivity index (χ1n) is 13.4. The van der Waals surface area contributed by atoms with Gasteiger partial charge in [-0.15, -0.1) is 0 Å². The van der Waals surface area contributed by atoms with Gasteiger partial charge in [-0.1, -0.05) is 18.2 Å². The van der Waals surface area contributed by atoms with Crippen molar-refractivity contribution < 1.29 is 23.9 Å². The van der Waals surface area contributed by atoms with E-state index in [2.05, 4.69) is 10.2 Å². The van der Waals surface area contributed by atoms with Crippen molar-refractivity contribution in [2.24, 2.45) is 5.92 Å². The molecule has 0 unspecified atom stereocenters. The van der Waals surface area contributed by atoms with Gasteiger partial charge in [-0.25, -0.2) is 4.79 Å². The van der Waals surface area contributed by atoms with Crippen LogP contribution in [0.15, 0.2) is 48.5 Å². The zero-order chi connectivity index (χ0) is 26.4. The first-order valence-corrected chi connectivity index (χ1v) is 13.4. The minimum absolute atomic E-state index is 0.0568. The maximum absolute atomic E-state index is 14.4. The second kappa shape index (κ2) is 9.54. The highest BCUT2D eigenvalue weighted by Crippen LogP contribution is 2.57. The zero-order valence-electron chi connectivity index (χ0n) is 21.5. The number of ether oxygens (including phenoxy) is 1. The number of nitrogens with one attached hydrogen (secondary N) is 1. The molecule has 9 nitrogen and oxygen atoms in total. The molecule has 198 valence electrons. The molecule has 2 aromatic carbocycles. The lowest BCUT2D eigenvalue weighted by atomic mass is 9.78. The number of nitrogens with zero attached hydrogens (tertiary/aromatic N) is 3. The minimum atomic E-state index is -0.987. The summed E-state index contributed by atoms with van der Waals surface area (Å²) in [4.78, 5) is 59.1. The molecular weight excluding hydrogens is 484 g/mol. The Morgan fingerprint density at radius 2 is 1.71 bits per heavy atom. The molecule has 2 aromatic rings. The van der Waals surface area contributed by atoms with Gasteiger partial charge in [-0.2, -0.15) is 0 Å². The van der Waals surface area contributed by atoms with E-state index in [1.54, 1.807) is 34.1 Å². The standard InChI is InChI=1S/C29H32N4O5/c1-38-27(36)20-11-9-19(10-12-20)26(35)31-14-5-13-30-25(34)23-18-21-6-4-15-33(21)29(23)22-7-2-3-8-24(22)32(17-16-31)28(29)37/h2-3,7-12,21,23H,4-6,13-18H2,1H3,(H,30,34)/t21-,23+,29+/m0/s1. The lowest BCUT2D eigenvalue weighted by Crippen LogP contribution is -2.57. The molecule has 3 amide bonds. The highest BCUT2D eigenvalue weighted by molar-refractivity contribution is 6.11. The Labute approximate surface area is 221 Å². The fraction of sp³-hybridized carbons (Fsp3) is 0.448. The van der Waals surface area contributed by atoms with Crippen LogP contribution < -0.4 is 10.2 Å². The van der Waals surface area contributed by atoms with Crippen molar-refractivity contribution in [3.63, 3.8) is 0 Å². The molecule has 9 heteroatoms. The van der Waals surface area contributed by atoms with Gasteiger partial charge in [0.15, 0.2) is 0 Å². The van der Waals surface area contributed by atoms with Crippen molar-refractivity contribution in [3.8, 4) is 0 Å². The van der Waals surface area contributed by atoms with Crippen molar-refractivity contribution >= 4 is 29.4 Å². The quantitative estimate of drug-likeness (QED) is 0.615. The maximum Gasteiger partial charge on any atom is 0.337 e. The Kier molecular flexibility index (Phi) is 6.18. The van der Waals surface area contributed by atoms with E-state index in [1.807, 2.05) is 24.3 Å². The second-order valence-corrected chi connectivity index (χ2v) is 10.5. The van der Waals surface area contributed by atoms with Crippen molar-refractivity contribution in [3.05, 3.63) is 65.2 Å². The largest absolute Gasteiger partial charge is 0.465 e. The highest BCUT2D eigenvalue weighted by atomic mass is 16.5. The van der Waals surface area contributed by atoms with Crippen LogP contribution in [0.25, 0.3) is 0 Å². The van der Waals surface area contributed by atoms with Crippen LogP contribution >= 0.6 is 0 Å². The molecule has 2 bridgehead atoms. The number of hydrogen-bond acceptors (Lipinski definition) is 6. The third kappa shape index (κ3) is 3.63. The molecule has 0 radical (unpaired) electrons. The molecule has 1 N–H and O–H groups in total. The Morgan fingerprint density at radius 1 is 0.947 bits per heavy atom. The van der Waals surface area contributed by atoms with Crippen LogP contribution in [-0.2, 0) is 19.9 Å². The smallest absolute Gasteiger partial charge is 0.337 e. The second-order valence-electron chi connectivity index (χ2n) is 10.5. The molecule has 0 aromatic heterocycles. The van der Waals surface area contributed by atoms with Crippen LogP contribution in [0.4, 0.5) is 5.69 Å². The Hall–Kier alpha value is -3.72. The van der Waals surface area contributed by atoms with E-state index < -0.39 is 17.4 Å². The minimum Gasteiger partial charge on any atom is -0.465 e. The average Bonchev–Trinajstić information content (AvgIpc) is 3.60. The summed E-state index contributed by atoms with van der Waals surface area (Å²) in [6.45, 7) is 2.37. The summed E-state index contributed by atoms with van der Waals surface area (Å²) in [6, 6.07) is 14.4. The number of fused-ring (bicyclic) bond motifs is 4. The van der Waals surface area contributed by atoms with Crippen molar-refractivity contribution in [2.45, 2.75) is 37.3 Å². The summed E-state index contributed by atoms with van der Waals surface area (Å²) in [6.07, 6.45) is 3.31. The van der Waals surface area contributed by atoms with E-state index in [0.717, 1.165) is 30.6 Å². The topological polar surface area (TPSA) is 99.3 Å². The molecule has 38 heavy (non-hydrogen) atoms. The summed E-state index contributed by atoms with van der Waals surface area (Å²) in [5, 5.41) is 3.09. The predicted octanol–water partition coefficient (Wildman–Crippen LogP) is 2.16. The Bertz CT molecular complexity index is 1290. The van der Waals surface area contributed by atoms with Gasteiger partial charge in [-0.3, -0.25) is 19.3 Å². The fourth-order valence-electron chi connectivity index (χ4n) is 6.97. The zero-order valence-corrected chi connectivity index (χ0v) is 21.5. The van der Waals surface area contributed by atoms with Gasteiger partial charge in [0.1, 0.15) is 5.54 Å². The lowest BCUT2D eigenvalue weighted by molar-refractivity contribution is -0.139. The highest BCUT2D eigenvalue weighted by Gasteiger charge is 2.67. The van der Waals surface area contributed by atoms with E-state index in [9.17, 15) is 19.2 Å². The van der Waals surface area contributed by atoms with Gasteiger partial charge < -0.3 is 19.9 Å². The van der Waals surface area contributed by atoms with Crippen LogP contribution in [0.2, 0.25) is 0 Å². The summed E-state index contributed by atoms with van der Waals surface area (Å²) in [7, 11) is 1.32. The summed E-state index contributed by atoms with van der Waals surface area (Å²) in [5.41, 5.74) is 1.58. The van der Waals surface area contributed by atoms with E-state index in [0.29, 0.717) is 50.1 Å². The molecule has 1 spiro atoms. The SMILES string of the molecule is COC(=O)c1ccc(C(=O)N2CCCNC(=O)[C@H]3C[C@@H]4CCCN4[C@@]34C(=O)N(CC2)c2ccccc24)cc1. The van der Waals surface area contributed by atoms with Crippen LogP contribution in [0.5, 0.6) is 0 Å². The average molecular weight is 517 g/mol. The van der Waals surface area contributed by atoms with E-state index in [4.69, 9.17) is 4.74 Å². The molecule has 6 rings (SSSR count). The number of esters is 1. The molecular formula is C29H32N4O5. The number of anilines is 1. The molecule has 4 heterocycles. The molecule has 3 fully saturated rings. The van der Waals surface area contributed by atoms with Crippen molar-refractivity contribution in [1.82, 2.24) is 15.1 Å². The molecule has 0 aliphatic carbocycles. The molecule has 0 saturated carbocycles. The van der Waals surface area contributed by atoms with Gasteiger partial charge in [0.25, 0.3) is 11.8 Å². The Balaban J connectivity index is 1.34.